The summed E-state index contributed by atoms with van der Waals surface area (Å²) in [6.45, 7) is -2.03. The van der Waals surface area contributed by atoms with Crippen LogP contribution in [0.15, 0.2) is 18.3 Å². The highest BCUT2D eigenvalue weighted by molar-refractivity contribution is 6.64. The predicted molar refractivity (Wildman–Crippen MR) is 22.8 cm³/mol. The van der Waals surface area contributed by atoms with Crippen LogP contribution in [0.5, 0.6) is 0 Å². The lowest BCUT2D eigenvalue weighted by molar-refractivity contribution is 0.499. The monoisotopic (exact) mass is 107 g/mol. The molecule has 0 rings (SSSR count). The molecule has 4 heteroatoms. The van der Waals surface area contributed by atoms with E-state index in [2.05, 4.69) is 6.58 Å². The molecule has 0 radical (unpaired) electrons. The van der Waals surface area contributed by atoms with E-state index in [-0.39, 0.29) is 5.98 Å². The average molecular weight is 107 g/mol. The lowest BCUT2D eigenvalue weighted by Gasteiger charge is -2.02. The highest BCUT2D eigenvalue weighted by Gasteiger charge is 2.16. The zero-order valence-electron chi connectivity index (χ0n) is 3.50. The Morgan fingerprint density at radius 3 is 1.86 bits per heavy atom. The Morgan fingerprint density at radius 1 is 1.43 bits per heavy atom. The van der Waals surface area contributed by atoms with Crippen molar-refractivity contribution in [3.63, 3.8) is 0 Å². The number of rotatable bonds is 1. The second-order valence-electron chi connectivity index (χ2n) is 0.996. The Labute approximate surface area is 39.4 Å². The fourth-order valence-corrected chi connectivity index (χ4v) is 0.134. The van der Waals surface area contributed by atoms with Gasteiger partial charge in [0.15, 0.2) is 0 Å². The van der Waals surface area contributed by atoms with Crippen molar-refractivity contribution >= 4 is 6.98 Å². The third kappa shape index (κ3) is 5.37. The van der Waals surface area contributed by atoms with Crippen molar-refractivity contribution in [2.75, 3.05) is 0 Å². The summed E-state index contributed by atoms with van der Waals surface area (Å²) in [5, 5.41) is 0. The Kier molecular flexibility index (Phi) is 1.72. The van der Waals surface area contributed by atoms with Gasteiger partial charge in [0.1, 0.15) is 0 Å². The average Bonchev–Trinajstić information content (AvgIpc) is 1.30. The van der Waals surface area contributed by atoms with Crippen LogP contribution in [0.4, 0.5) is 12.9 Å². The van der Waals surface area contributed by atoms with E-state index in [0.717, 1.165) is 0 Å². The van der Waals surface area contributed by atoms with Crippen LogP contribution in [-0.4, -0.2) is 6.98 Å². The van der Waals surface area contributed by atoms with Crippen molar-refractivity contribution in [1.82, 2.24) is 0 Å². The molecule has 0 heterocycles. The largest absolute Gasteiger partial charge is 0.510 e. The molecule has 0 N–H and O–H groups in total. The van der Waals surface area contributed by atoms with E-state index in [1.165, 1.54) is 0 Å². The minimum atomic E-state index is -4.79. The topological polar surface area (TPSA) is 0 Å². The fourth-order valence-electron chi connectivity index (χ4n) is 0.134. The van der Waals surface area contributed by atoms with Gasteiger partial charge in [-0.25, -0.2) is 0 Å². The molecule has 0 fully saturated rings. The van der Waals surface area contributed by atoms with E-state index < -0.39 is 6.98 Å². The third-order valence-electron chi connectivity index (χ3n) is 0.307. The standard InChI is InChI=1S/C3H3BF3/c1-2-3-4(5,6)7/h3H,1H2/q-1. The summed E-state index contributed by atoms with van der Waals surface area (Å²) in [5.41, 5.74) is 1.64. The van der Waals surface area contributed by atoms with Gasteiger partial charge in [0, 0.05) is 0 Å². The van der Waals surface area contributed by atoms with Crippen molar-refractivity contribution in [3.8, 4) is 0 Å². The fraction of sp³-hybridized carbons (Fsp3) is 0. The number of halogens is 3. The summed E-state index contributed by atoms with van der Waals surface area (Å²) in [6, 6.07) is 0. The van der Waals surface area contributed by atoms with E-state index in [4.69, 9.17) is 0 Å². The SMILES string of the molecule is C=C=C[B-](F)(F)F. The van der Waals surface area contributed by atoms with Gasteiger partial charge in [-0.15, -0.1) is 5.98 Å². The summed E-state index contributed by atoms with van der Waals surface area (Å²) in [4.78, 5) is 0. The summed E-state index contributed by atoms with van der Waals surface area (Å²) >= 11 is 0. The van der Waals surface area contributed by atoms with Crippen LogP contribution in [0.1, 0.15) is 0 Å². The summed E-state index contributed by atoms with van der Waals surface area (Å²) in [5.74, 6) is 0.0139. The van der Waals surface area contributed by atoms with Gasteiger partial charge in [-0.2, -0.15) is 5.73 Å². The predicted octanol–water partition coefficient (Wildman–Crippen LogP) is 1.71. The molecule has 0 nitrogen and oxygen atoms in total. The van der Waals surface area contributed by atoms with E-state index in [1.54, 1.807) is 5.73 Å². The van der Waals surface area contributed by atoms with E-state index in [9.17, 15) is 12.9 Å². The zero-order valence-corrected chi connectivity index (χ0v) is 3.50. The van der Waals surface area contributed by atoms with Crippen molar-refractivity contribution < 1.29 is 12.9 Å². The molecule has 0 aliphatic carbocycles. The third-order valence-corrected chi connectivity index (χ3v) is 0.307. The smallest absolute Gasteiger partial charge is 0.445 e. The molecule has 0 spiro atoms. The molecule has 0 aromatic carbocycles. The molecule has 0 bridgehead atoms. The van der Waals surface area contributed by atoms with E-state index >= 15 is 0 Å². The minimum absolute atomic E-state index is 0.0139. The lowest BCUT2D eigenvalue weighted by atomic mass is 9.93. The second-order valence-corrected chi connectivity index (χ2v) is 0.996. The Balaban J connectivity index is 3.80. The van der Waals surface area contributed by atoms with Crippen molar-refractivity contribution in [3.05, 3.63) is 18.3 Å². The van der Waals surface area contributed by atoms with E-state index in [1.807, 2.05) is 0 Å². The van der Waals surface area contributed by atoms with Gasteiger partial charge in [0.25, 0.3) is 0 Å². The second kappa shape index (κ2) is 1.89. The lowest BCUT2D eigenvalue weighted by Crippen LogP contribution is -2.08. The van der Waals surface area contributed by atoms with Crippen LogP contribution < -0.4 is 0 Å². The molecule has 0 amide bonds. The molecule has 7 heavy (non-hydrogen) atoms. The molecule has 0 atom stereocenters. The number of hydrogen-bond donors (Lipinski definition) is 0. The first-order valence-corrected chi connectivity index (χ1v) is 1.63. The molecule has 40 valence electrons. The van der Waals surface area contributed by atoms with Gasteiger partial charge in [-0.1, -0.05) is 6.58 Å². The maximum absolute atomic E-state index is 11.0. The quantitative estimate of drug-likeness (QED) is 0.353. The van der Waals surface area contributed by atoms with Gasteiger partial charge in [0.2, 0.25) is 0 Å². The Bertz CT molecular complexity index is 97.2. The van der Waals surface area contributed by atoms with Crippen molar-refractivity contribution in [1.29, 1.82) is 0 Å². The maximum atomic E-state index is 11.0. The van der Waals surface area contributed by atoms with Gasteiger partial charge >= 0.3 is 6.98 Å². The molecule has 0 saturated carbocycles. The van der Waals surface area contributed by atoms with Crippen LogP contribution in [0.2, 0.25) is 0 Å². The summed E-state index contributed by atoms with van der Waals surface area (Å²) in [6.07, 6.45) is 0. The first-order valence-electron chi connectivity index (χ1n) is 1.63. The highest BCUT2D eigenvalue weighted by atomic mass is 19.4. The van der Waals surface area contributed by atoms with Gasteiger partial charge in [-0.3, -0.25) is 0 Å². The normalized spacial score (nSPS) is 10.1. The molecule has 0 aliphatic heterocycles. The Hall–Kier alpha value is -0.625. The molecule has 0 aromatic rings. The molecule has 0 unspecified atom stereocenters. The first kappa shape index (κ1) is 6.37. The van der Waals surface area contributed by atoms with Crippen molar-refractivity contribution in [2.24, 2.45) is 0 Å². The van der Waals surface area contributed by atoms with Crippen LogP contribution in [0.3, 0.4) is 0 Å². The minimum Gasteiger partial charge on any atom is -0.445 e. The van der Waals surface area contributed by atoms with Crippen LogP contribution in [-0.2, 0) is 0 Å². The molecule has 0 aliphatic rings. The highest BCUT2D eigenvalue weighted by Crippen LogP contribution is 2.07. The first-order chi connectivity index (χ1) is 3.06. The molecular formula is C3H3BF3-. The van der Waals surface area contributed by atoms with Gasteiger partial charge < -0.3 is 12.9 Å². The van der Waals surface area contributed by atoms with Gasteiger partial charge in [-0.05, 0) is 0 Å². The molecule has 0 saturated heterocycles. The number of hydrogen-bond acceptors (Lipinski definition) is 0. The molecule has 0 aromatic heterocycles. The van der Waals surface area contributed by atoms with Crippen LogP contribution >= 0.6 is 0 Å². The molecular weight excluding hydrogens is 104 g/mol. The van der Waals surface area contributed by atoms with Crippen LogP contribution in [0, 0.1) is 0 Å². The Morgan fingerprint density at radius 2 is 1.86 bits per heavy atom. The van der Waals surface area contributed by atoms with Crippen molar-refractivity contribution in [2.45, 2.75) is 0 Å². The summed E-state index contributed by atoms with van der Waals surface area (Å²) < 4.78 is 32.9. The zero-order chi connectivity index (χ0) is 5.91. The van der Waals surface area contributed by atoms with Crippen LogP contribution in [0.25, 0.3) is 0 Å². The van der Waals surface area contributed by atoms with Gasteiger partial charge in [0.05, 0.1) is 0 Å². The maximum Gasteiger partial charge on any atom is 0.510 e. The summed E-state index contributed by atoms with van der Waals surface area (Å²) in [7, 11) is 0. The van der Waals surface area contributed by atoms with E-state index in [0.29, 0.717) is 0 Å².